The zero-order chi connectivity index (χ0) is 11.2. The molecule has 0 bridgehead atoms. The summed E-state index contributed by atoms with van der Waals surface area (Å²) in [5.41, 5.74) is 0. The lowest BCUT2D eigenvalue weighted by Crippen LogP contribution is -2.21. The molecule has 4 nitrogen and oxygen atoms in total. The molecule has 14 heavy (non-hydrogen) atoms. The van der Waals surface area contributed by atoms with Crippen LogP contribution in [0.2, 0.25) is 0 Å². The minimum absolute atomic E-state index is 1.17. The van der Waals surface area contributed by atoms with Gasteiger partial charge in [0.15, 0.2) is 0 Å². The van der Waals surface area contributed by atoms with Crippen molar-refractivity contribution in [3.05, 3.63) is 0 Å². The van der Waals surface area contributed by atoms with Crippen LogP contribution in [0.3, 0.4) is 0 Å². The minimum Gasteiger partial charge on any atom is -0.379 e. The van der Waals surface area contributed by atoms with Gasteiger partial charge in [-0.05, 0) is 25.9 Å². The first-order valence-electron chi connectivity index (χ1n) is 5.05. The van der Waals surface area contributed by atoms with Gasteiger partial charge in [0.2, 0.25) is 0 Å². The molecule has 0 saturated heterocycles. The molecular weight excluding hydrogens is 198 g/mol. The molecule has 5 heteroatoms. The Labute approximate surface area is 89.9 Å². The summed E-state index contributed by atoms with van der Waals surface area (Å²) in [5.74, 6) is 0. The van der Waals surface area contributed by atoms with Crippen LogP contribution in [0, 0.1) is 0 Å². The van der Waals surface area contributed by atoms with E-state index < -0.39 is 9.53 Å². The van der Waals surface area contributed by atoms with Crippen molar-refractivity contribution >= 4 is 9.53 Å². The summed E-state index contributed by atoms with van der Waals surface area (Å²) in [6.07, 6.45) is 2.50. The summed E-state index contributed by atoms with van der Waals surface area (Å²) in [4.78, 5) is 0. The molecule has 0 spiro atoms. The second-order valence-electron chi connectivity index (χ2n) is 2.75. The molecule has 0 aliphatic carbocycles. The predicted octanol–water partition coefficient (Wildman–Crippen LogP) is 1.04. The van der Waals surface area contributed by atoms with E-state index in [0.29, 0.717) is 0 Å². The van der Waals surface area contributed by atoms with E-state index in [1.54, 1.807) is 21.3 Å². The van der Waals surface area contributed by atoms with Crippen LogP contribution >= 0.6 is 0 Å². The quantitative estimate of drug-likeness (QED) is 0.517. The first kappa shape index (κ1) is 16.5. The van der Waals surface area contributed by atoms with Gasteiger partial charge in [-0.15, -0.1) is 0 Å². The number of nitrogens with one attached hydrogen (secondary N) is 1. The molecule has 0 rings (SSSR count). The van der Waals surface area contributed by atoms with Gasteiger partial charge in [-0.1, -0.05) is 13.8 Å². The number of hydrogen-bond donors (Lipinski definition) is 1. The van der Waals surface area contributed by atoms with E-state index in [9.17, 15) is 0 Å². The summed E-state index contributed by atoms with van der Waals surface area (Å²) in [7, 11) is 3.05. The van der Waals surface area contributed by atoms with Gasteiger partial charge in [-0.2, -0.15) is 0 Å². The first-order valence-corrected chi connectivity index (χ1v) is 6.47. The monoisotopic (exact) mass is 223 g/mol. The predicted molar refractivity (Wildman–Crippen MR) is 61.6 cm³/mol. The van der Waals surface area contributed by atoms with Gasteiger partial charge < -0.3 is 18.6 Å². The molecule has 0 aromatic carbocycles. The SMILES string of the molecule is CCCNCCC.CO[SiH](OC)OC. The van der Waals surface area contributed by atoms with Crippen molar-refractivity contribution in [1.82, 2.24) is 5.32 Å². The van der Waals surface area contributed by atoms with Gasteiger partial charge in [-0.25, -0.2) is 0 Å². The fourth-order valence-corrected chi connectivity index (χ4v) is 1.34. The third kappa shape index (κ3) is 14.6. The molecule has 0 aliphatic heterocycles. The maximum atomic E-state index is 4.74. The Morgan fingerprint density at radius 3 is 1.36 bits per heavy atom. The lowest BCUT2D eigenvalue weighted by Gasteiger charge is -2.05. The van der Waals surface area contributed by atoms with Crippen LogP contribution in [0.4, 0.5) is 0 Å². The van der Waals surface area contributed by atoms with Gasteiger partial charge in [-0.3, -0.25) is 0 Å². The average Bonchev–Trinajstić information content (AvgIpc) is 2.22. The number of rotatable bonds is 7. The third-order valence-electron chi connectivity index (χ3n) is 1.43. The highest BCUT2D eigenvalue weighted by atomic mass is 28.3. The Bertz CT molecular complexity index is 82.6. The highest BCUT2D eigenvalue weighted by molar-refractivity contribution is 6.36. The van der Waals surface area contributed by atoms with Crippen LogP contribution in [0.25, 0.3) is 0 Å². The molecule has 1 N–H and O–H groups in total. The van der Waals surface area contributed by atoms with E-state index in [2.05, 4.69) is 19.2 Å². The zero-order valence-electron chi connectivity index (χ0n) is 10.1. The molecule has 0 saturated carbocycles. The van der Waals surface area contributed by atoms with Crippen molar-refractivity contribution in [3.63, 3.8) is 0 Å². The molecule has 0 aromatic heterocycles. The van der Waals surface area contributed by atoms with Crippen molar-refractivity contribution in [3.8, 4) is 0 Å². The first-order chi connectivity index (χ1) is 6.76. The Morgan fingerprint density at radius 2 is 1.21 bits per heavy atom. The Hall–Kier alpha value is 0.0569. The second kappa shape index (κ2) is 15.5. The van der Waals surface area contributed by atoms with Crippen molar-refractivity contribution < 1.29 is 13.3 Å². The summed E-state index contributed by atoms with van der Waals surface area (Å²) >= 11 is 0. The van der Waals surface area contributed by atoms with Gasteiger partial charge >= 0.3 is 9.53 Å². The lowest BCUT2D eigenvalue weighted by molar-refractivity contribution is 0.163. The van der Waals surface area contributed by atoms with E-state index in [-0.39, 0.29) is 0 Å². The lowest BCUT2D eigenvalue weighted by atomic mass is 10.4. The molecule has 0 heterocycles. The smallest absolute Gasteiger partial charge is 0.379 e. The van der Waals surface area contributed by atoms with E-state index in [1.807, 2.05) is 0 Å². The van der Waals surface area contributed by atoms with Crippen LogP contribution in [0.5, 0.6) is 0 Å². The van der Waals surface area contributed by atoms with E-state index >= 15 is 0 Å². The van der Waals surface area contributed by atoms with Crippen molar-refractivity contribution in [2.24, 2.45) is 0 Å². The van der Waals surface area contributed by atoms with Crippen LogP contribution in [0.1, 0.15) is 26.7 Å². The van der Waals surface area contributed by atoms with Crippen LogP contribution < -0.4 is 5.32 Å². The fraction of sp³-hybridized carbons (Fsp3) is 1.00. The molecule has 0 atom stereocenters. The van der Waals surface area contributed by atoms with Gasteiger partial charge in [0.05, 0.1) is 0 Å². The van der Waals surface area contributed by atoms with Gasteiger partial charge in [0, 0.05) is 21.3 Å². The highest BCUT2D eigenvalue weighted by Crippen LogP contribution is 1.81. The van der Waals surface area contributed by atoms with Crippen molar-refractivity contribution in [2.75, 3.05) is 34.4 Å². The molecule has 0 aliphatic rings. The minimum atomic E-state index is -1.67. The molecule has 0 radical (unpaired) electrons. The molecule has 0 fully saturated rings. The Morgan fingerprint density at radius 1 is 0.857 bits per heavy atom. The third-order valence-corrected chi connectivity index (χ3v) is 2.59. The van der Waals surface area contributed by atoms with Gasteiger partial charge in [0.1, 0.15) is 0 Å². The Balaban J connectivity index is 0. The summed E-state index contributed by atoms with van der Waals surface area (Å²) in [5, 5.41) is 3.28. The maximum Gasteiger partial charge on any atom is 0.483 e. The normalized spacial score (nSPS) is 9.86. The summed E-state index contributed by atoms with van der Waals surface area (Å²) in [6.45, 7) is 6.72. The van der Waals surface area contributed by atoms with Crippen molar-refractivity contribution in [1.29, 1.82) is 0 Å². The maximum absolute atomic E-state index is 4.74. The van der Waals surface area contributed by atoms with E-state index in [1.165, 1.54) is 25.9 Å². The standard InChI is InChI=1S/C6H15N.C3H10O3Si/c1-3-5-7-6-4-2;1-4-7(5-2)6-3/h7H,3-6H2,1-2H3;7H,1-3H3. The topological polar surface area (TPSA) is 39.7 Å². The van der Waals surface area contributed by atoms with E-state index in [0.717, 1.165) is 0 Å². The molecular formula is C9H25NO3Si. The van der Waals surface area contributed by atoms with Gasteiger partial charge in [0.25, 0.3) is 0 Å². The highest BCUT2D eigenvalue weighted by Gasteiger charge is 2.04. The fourth-order valence-electron chi connectivity index (χ4n) is 0.767. The Kier molecular flexibility index (Phi) is 18.3. The largest absolute Gasteiger partial charge is 0.483 e. The molecule has 0 unspecified atom stereocenters. The van der Waals surface area contributed by atoms with Crippen LogP contribution in [-0.4, -0.2) is 43.9 Å². The molecule has 0 aromatic rings. The number of hydrogen-bond acceptors (Lipinski definition) is 4. The van der Waals surface area contributed by atoms with E-state index in [4.69, 9.17) is 13.3 Å². The molecule has 88 valence electrons. The summed E-state index contributed by atoms with van der Waals surface area (Å²) < 4.78 is 14.2. The van der Waals surface area contributed by atoms with Crippen LogP contribution in [0.15, 0.2) is 0 Å². The second-order valence-corrected chi connectivity index (χ2v) is 4.74. The summed E-state index contributed by atoms with van der Waals surface area (Å²) in [6, 6.07) is 0. The van der Waals surface area contributed by atoms with Crippen LogP contribution in [-0.2, 0) is 13.3 Å². The van der Waals surface area contributed by atoms with Crippen molar-refractivity contribution in [2.45, 2.75) is 26.7 Å². The zero-order valence-corrected chi connectivity index (χ0v) is 11.3. The molecule has 0 amide bonds. The average molecular weight is 223 g/mol.